The Labute approximate surface area is 179 Å². The Morgan fingerprint density at radius 3 is 1.61 bits per heavy atom. The van der Waals surface area contributed by atoms with Gasteiger partial charge in [-0.2, -0.15) is 0 Å². The maximum atomic E-state index is 14.5. The summed E-state index contributed by atoms with van der Waals surface area (Å²) >= 11 is 0. The van der Waals surface area contributed by atoms with Gasteiger partial charge in [0.25, 0.3) is 0 Å². The first-order chi connectivity index (χ1) is 14.8. The molecule has 0 amide bonds. The molecule has 0 aliphatic rings. The van der Waals surface area contributed by atoms with Crippen molar-refractivity contribution in [1.29, 1.82) is 0 Å². The minimum Gasteiger partial charge on any atom is -0.207 e. The first-order valence-corrected chi connectivity index (χ1v) is 10.5. The van der Waals surface area contributed by atoms with E-state index in [9.17, 15) is 22.0 Å². The summed E-state index contributed by atoms with van der Waals surface area (Å²) in [5.74, 6) is -3.08. The molecule has 0 aromatic heterocycles. The van der Waals surface area contributed by atoms with Crippen molar-refractivity contribution in [3.63, 3.8) is 0 Å². The number of hydrogen-bond donors (Lipinski definition) is 0. The van der Waals surface area contributed by atoms with Gasteiger partial charge in [0.1, 0.15) is 29.1 Å². The Hall–Kier alpha value is -2.69. The van der Waals surface area contributed by atoms with Crippen LogP contribution in [0.2, 0.25) is 0 Å². The number of aryl methyl sites for hydroxylation is 4. The lowest BCUT2D eigenvalue weighted by atomic mass is 9.98. The smallest absolute Gasteiger partial charge is 0.129 e. The van der Waals surface area contributed by atoms with Gasteiger partial charge in [0, 0.05) is 11.1 Å². The van der Waals surface area contributed by atoms with Crippen LogP contribution in [0.1, 0.15) is 46.7 Å². The molecule has 0 heterocycles. The van der Waals surface area contributed by atoms with Crippen molar-refractivity contribution in [2.75, 3.05) is 0 Å². The second-order valence-corrected chi connectivity index (χ2v) is 7.90. The predicted molar refractivity (Wildman–Crippen MR) is 113 cm³/mol. The Kier molecular flexibility index (Phi) is 7.47. The highest BCUT2D eigenvalue weighted by atomic mass is 19.1. The molecule has 0 spiro atoms. The van der Waals surface area contributed by atoms with Crippen molar-refractivity contribution in [3.8, 4) is 0 Å². The fourth-order valence-electron chi connectivity index (χ4n) is 3.67. The lowest BCUT2D eigenvalue weighted by molar-refractivity contribution is 0.548. The van der Waals surface area contributed by atoms with Crippen LogP contribution in [-0.2, 0) is 32.1 Å². The highest BCUT2D eigenvalue weighted by Gasteiger charge is 2.14. The highest BCUT2D eigenvalue weighted by Crippen LogP contribution is 2.22. The van der Waals surface area contributed by atoms with Crippen LogP contribution in [-0.4, -0.2) is 0 Å². The molecule has 0 fully saturated rings. The van der Waals surface area contributed by atoms with Crippen molar-refractivity contribution in [1.82, 2.24) is 0 Å². The zero-order valence-electron chi connectivity index (χ0n) is 17.7. The van der Waals surface area contributed by atoms with E-state index in [1.54, 1.807) is 6.07 Å². The molecule has 0 aliphatic carbocycles. The summed E-state index contributed by atoms with van der Waals surface area (Å²) in [5, 5.41) is 0. The van der Waals surface area contributed by atoms with Crippen molar-refractivity contribution in [3.05, 3.63) is 105 Å². The third kappa shape index (κ3) is 5.72. The molecule has 0 saturated carbocycles. The normalized spacial score (nSPS) is 11.2. The number of halogens is 5. The molecule has 5 heteroatoms. The van der Waals surface area contributed by atoms with Crippen LogP contribution in [0.4, 0.5) is 22.0 Å². The van der Waals surface area contributed by atoms with Crippen molar-refractivity contribution < 1.29 is 22.0 Å². The molecule has 164 valence electrons. The van der Waals surface area contributed by atoms with Crippen molar-refractivity contribution in [2.45, 2.75) is 52.4 Å². The van der Waals surface area contributed by atoms with Crippen LogP contribution in [0.5, 0.6) is 0 Å². The van der Waals surface area contributed by atoms with E-state index in [-0.39, 0.29) is 29.8 Å². The van der Waals surface area contributed by atoms with Gasteiger partial charge < -0.3 is 0 Å². The van der Waals surface area contributed by atoms with E-state index in [2.05, 4.69) is 0 Å². The molecule has 31 heavy (non-hydrogen) atoms. The number of rotatable bonds is 8. The third-order valence-electron chi connectivity index (χ3n) is 5.54. The monoisotopic (exact) mass is 432 g/mol. The van der Waals surface area contributed by atoms with E-state index in [1.807, 2.05) is 13.0 Å². The second kappa shape index (κ2) is 10.1. The van der Waals surface area contributed by atoms with Gasteiger partial charge in [0.15, 0.2) is 0 Å². The van der Waals surface area contributed by atoms with Gasteiger partial charge in [-0.15, -0.1) is 0 Å². The average Bonchev–Trinajstić information content (AvgIpc) is 2.71. The Bertz CT molecular complexity index is 1030. The van der Waals surface area contributed by atoms with Gasteiger partial charge in [-0.3, -0.25) is 0 Å². The molecule has 0 aliphatic heterocycles. The standard InChI is InChI=1S/C26H25F5/c1-3-4-17-5-8-20(24(29)11-17)9-6-18-14-25(30)21(26(31)15-18)10-7-19-12-22(27)16(2)23(28)13-19/h5,8,11-15H,3-4,6-7,9-10H2,1-2H3. The summed E-state index contributed by atoms with van der Waals surface area (Å²) in [6.07, 6.45) is 2.45. The maximum Gasteiger partial charge on any atom is 0.129 e. The van der Waals surface area contributed by atoms with E-state index in [4.69, 9.17) is 0 Å². The third-order valence-corrected chi connectivity index (χ3v) is 5.54. The summed E-state index contributed by atoms with van der Waals surface area (Å²) in [5.41, 5.74) is 2.00. The molecule has 3 aromatic rings. The van der Waals surface area contributed by atoms with Gasteiger partial charge in [-0.25, -0.2) is 22.0 Å². The predicted octanol–water partition coefficient (Wildman–Crippen LogP) is 7.21. The molecule has 0 atom stereocenters. The molecule has 3 rings (SSSR count). The van der Waals surface area contributed by atoms with Crippen LogP contribution < -0.4 is 0 Å². The lowest BCUT2D eigenvalue weighted by Crippen LogP contribution is -2.03. The topological polar surface area (TPSA) is 0 Å². The molecule has 0 bridgehead atoms. The minimum absolute atomic E-state index is 0.0204. The summed E-state index contributed by atoms with van der Waals surface area (Å²) in [7, 11) is 0. The Morgan fingerprint density at radius 1 is 0.548 bits per heavy atom. The van der Waals surface area contributed by atoms with Gasteiger partial charge in [0.05, 0.1) is 0 Å². The van der Waals surface area contributed by atoms with Crippen molar-refractivity contribution >= 4 is 0 Å². The van der Waals surface area contributed by atoms with E-state index < -0.39 is 23.3 Å². The van der Waals surface area contributed by atoms with E-state index >= 15 is 0 Å². The highest BCUT2D eigenvalue weighted by molar-refractivity contribution is 5.31. The number of benzene rings is 3. The van der Waals surface area contributed by atoms with Gasteiger partial charge in [0.2, 0.25) is 0 Å². The molecular formula is C26H25F5. The van der Waals surface area contributed by atoms with Gasteiger partial charge in [-0.1, -0.05) is 25.5 Å². The van der Waals surface area contributed by atoms with Crippen LogP contribution in [0.25, 0.3) is 0 Å². The van der Waals surface area contributed by atoms with Crippen LogP contribution in [0.3, 0.4) is 0 Å². The van der Waals surface area contributed by atoms with E-state index in [0.29, 0.717) is 29.5 Å². The van der Waals surface area contributed by atoms with Crippen molar-refractivity contribution in [2.24, 2.45) is 0 Å². The SMILES string of the molecule is CCCc1ccc(CCc2cc(F)c(CCc3cc(F)c(C)c(F)c3)c(F)c2)c(F)c1. The Balaban J connectivity index is 1.68. The number of hydrogen-bond acceptors (Lipinski definition) is 0. The first-order valence-electron chi connectivity index (χ1n) is 10.5. The summed E-state index contributed by atoms with van der Waals surface area (Å²) in [6, 6.07) is 9.98. The largest absolute Gasteiger partial charge is 0.207 e. The fraction of sp³-hybridized carbons (Fsp3) is 0.308. The maximum absolute atomic E-state index is 14.5. The summed E-state index contributed by atoms with van der Waals surface area (Å²) in [6.45, 7) is 3.36. The quantitative estimate of drug-likeness (QED) is 0.330. The zero-order valence-corrected chi connectivity index (χ0v) is 17.7. The Morgan fingerprint density at radius 2 is 1.06 bits per heavy atom. The fourth-order valence-corrected chi connectivity index (χ4v) is 3.67. The van der Waals surface area contributed by atoms with Gasteiger partial charge in [-0.05, 0) is 91.6 Å². The minimum atomic E-state index is -0.707. The molecular weight excluding hydrogens is 407 g/mol. The van der Waals surface area contributed by atoms with E-state index in [0.717, 1.165) is 18.4 Å². The summed E-state index contributed by atoms with van der Waals surface area (Å²) in [4.78, 5) is 0. The molecule has 0 unspecified atom stereocenters. The lowest BCUT2D eigenvalue weighted by Gasteiger charge is -2.10. The molecule has 0 N–H and O–H groups in total. The van der Waals surface area contributed by atoms with Crippen LogP contribution in [0.15, 0.2) is 42.5 Å². The van der Waals surface area contributed by atoms with E-state index in [1.165, 1.54) is 37.3 Å². The first kappa shape index (κ1) is 23.0. The van der Waals surface area contributed by atoms with Crippen LogP contribution >= 0.6 is 0 Å². The zero-order chi connectivity index (χ0) is 22.5. The summed E-state index contributed by atoms with van der Waals surface area (Å²) < 4.78 is 70.6. The van der Waals surface area contributed by atoms with Gasteiger partial charge >= 0.3 is 0 Å². The average molecular weight is 432 g/mol. The second-order valence-electron chi connectivity index (χ2n) is 7.90. The van der Waals surface area contributed by atoms with Crippen LogP contribution in [0, 0.1) is 36.0 Å². The molecule has 0 nitrogen and oxygen atoms in total. The molecule has 0 radical (unpaired) electrons. The molecule has 0 saturated heterocycles. The molecule has 3 aromatic carbocycles.